The van der Waals surface area contributed by atoms with Crippen LogP contribution >= 0.6 is 15.9 Å². The molecule has 0 aliphatic heterocycles. The zero-order chi connectivity index (χ0) is 13.8. The quantitative estimate of drug-likeness (QED) is 0.844. The van der Waals surface area contributed by atoms with Gasteiger partial charge in [-0.25, -0.2) is 13.1 Å². The molecule has 1 aromatic rings. The summed E-state index contributed by atoms with van der Waals surface area (Å²) in [6.45, 7) is 1.96. The van der Waals surface area contributed by atoms with Crippen molar-refractivity contribution in [2.75, 3.05) is 19.3 Å². The zero-order valence-electron chi connectivity index (χ0n) is 10.2. The van der Waals surface area contributed by atoms with E-state index in [9.17, 15) is 13.2 Å². The van der Waals surface area contributed by atoms with Gasteiger partial charge in [-0.05, 0) is 42.0 Å². The number of amides is 1. The summed E-state index contributed by atoms with van der Waals surface area (Å²) in [5.74, 6) is -0.435. The van der Waals surface area contributed by atoms with Crippen LogP contribution in [0, 0.1) is 6.92 Å². The summed E-state index contributed by atoms with van der Waals surface area (Å²) in [5, 5.41) is 2.57. The Morgan fingerprint density at radius 3 is 2.67 bits per heavy atom. The summed E-state index contributed by atoms with van der Waals surface area (Å²) in [5.41, 5.74) is 1.46. The summed E-state index contributed by atoms with van der Waals surface area (Å²) >= 11 is 3.28. The van der Waals surface area contributed by atoms with Crippen molar-refractivity contribution in [1.82, 2.24) is 10.0 Å². The van der Waals surface area contributed by atoms with Gasteiger partial charge in [-0.3, -0.25) is 4.79 Å². The van der Waals surface area contributed by atoms with Crippen LogP contribution in [0.2, 0.25) is 0 Å². The number of sulfonamides is 1. The zero-order valence-corrected chi connectivity index (χ0v) is 12.6. The number of aryl methyl sites for hydroxylation is 1. The number of nitrogens with one attached hydrogen (secondary N) is 2. The number of carbonyl (C=O) groups excluding carboxylic acids is 1. The highest BCUT2D eigenvalue weighted by Gasteiger charge is 2.12. The molecule has 0 saturated carbocycles. The molecular formula is C11H15BrN2O3S. The topological polar surface area (TPSA) is 75.3 Å². The van der Waals surface area contributed by atoms with E-state index >= 15 is 0 Å². The number of hydrogen-bond donors (Lipinski definition) is 2. The molecule has 0 aliphatic carbocycles. The van der Waals surface area contributed by atoms with Crippen LogP contribution in [-0.2, 0) is 10.0 Å². The molecule has 0 saturated heterocycles. The molecule has 0 unspecified atom stereocenters. The largest absolute Gasteiger partial charge is 0.351 e. The number of benzene rings is 1. The van der Waals surface area contributed by atoms with Gasteiger partial charge in [0, 0.05) is 11.0 Å². The molecule has 7 heteroatoms. The molecule has 0 aromatic heterocycles. The van der Waals surface area contributed by atoms with Crippen molar-refractivity contribution in [2.24, 2.45) is 0 Å². The average Bonchev–Trinajstić information content (AvgIpc) is 2.32. The summed E-state index contributed by atoms with van der Waals surface area (Å²) < 4.78 is 25.2. The number of rotatable bonds is 5. The Morgan fingerprint density at radius 2 is 2.06 bits per heavy atom. The molecule has 5 nitrogen and oxygen atoms in total. The smallest absolute Gasteiger partial charge is 0.252 e. The molecule has 100 valence electrons. The molecule has 1 aromatic carbocycles. The standard InChI is InChI=1S/C11H15BrN2O3S/c1-8-3-4-10(12)9(7-8)11(15)14-5-6-18(16,17)13-2/h3-4,7,13H,5-6H2,1-2H3,(H,14,15). The minimum absolute atomic E-state index is 0.0718. The third-order valence-corrected chi connectivity index (χ3v) is 4.39. The van der Waals surface area contributed by atoms with Gasteiger partial charge in [0.15, 0.2) is 0 Å². The average molecular weight is 335 g/mol. The van der Waals surface area contributed by atoms with E-state index < -0.39 is 10.0 Å². The fourth-order valence-electron chi connectivity index (χ4n) is 1.31. The van der Waals surface area contributed by atoms with Crippen molar-refractivity contribution in [3.05, 3.63) is 33.8 Å². The first-order valence-corrected chi connectivity index (χ1v) is 7.76. The first-order chi connectivity index (χ1) is 8.35. The Kier molecular flexibility index (Phi) is 5.30. The van der Waals surface area contributed by atoms with E-state index in [0.717, 1.165) is 5.56 Å². The highest BCUT2D eigenvalue weighted by molar-refractivity contribution is 9.10. The second kappa shape index (κ2) is 6.31. The maximum Gasteiger partial charge on any atom is 0.252 e. The van der Waals surface area contributed by atoms with E-state index in [-0.39, 0.29) is 18.2 Å². The number of hydrogen-bond acceptors (Lipinski definition) is 3. The van der Waals surface area contributed by atoms with Gasteiger partial charge in [0.05, 0.1) is 11.3 Å². The van der Waals surface area contributed by atoms with Gasteiger partial charge in [-0.2, -0.15) is 0 Å². The Labute approximate surface area is 115 Å². The first-order valence-electron chi connectivity index (χ1n) is 5.31. The monoisotopic (exact) mass is 334 g/mol. The van der Waals surface area contributed by atoms with Crippen molar-refractivity contribution in [1.29, 1.82) is 0 Å². The van der Waals surface area contributed by atoms with Gasteiger partial charge in [0.2, 0.25) is 10.0 Å². The molecular weight excluding hydrogens is 320 g/mol. The number of carbonyl (C=O) groups is 1. The second-order valence-electron chi connectivity index (χ2n) is 3.76. The second-order valence-corrected chi connectivity index (χ2v) is 6.66. The van der Waals surface area contributed by atoms with Gasteiger partial charge < -0.3 is 5.32 Å². The predicted molar refractivity (Wildman–Crippen MR) is 74.1 cm³/mol. The Hall–Kier alpha value is -0.920. The molecule has 0 bridgehead atoms. The molecule has 0 aliphatic rings. The van der Waals surface area contributed by atoms with Gasteiger partial charge in [0.1, 0.15) is 0 Å². The lowest BCUT2D eigenvalue weighted by molar-refractivity contribution is 0.0955. The van der Waals surface area contributed by atoms with E-state index in [2.05, 4.69) is 26.0 Å². The maximum atomic E-state index is 11.8. The molecule has 1 amide bonds. The lowest BCUT2D eigenvalue weighted by Crippen LogP contribution is -2.33. The lowest BCUT2D eigenvalue weighted by atomic mass is 10.1. The molecule has 0 atom stereocenters. The van der Waals surface area contributed by atoms with E-state index in [4.69, 9.17) is 0 Å². The molecule has 0 heterocycles. The predicted octanol–water partition coefficient (Wildman–Crippen LogP) is 1.04. The van der Waals surface area contributed by atoms with Crippen LogP contribution in [0.15, 0.2) is 22.7 Å². The van der Waals surface area contributed by atoms with Gasteiger partial charge in [0.25, 0.3) is 5.91 Å². The van der Waals surface area contributed by atoms with E-state index in [1.807, 2.05) is 13.0 Å². The fraction of sp³-hybridized carbons (Fsp3) is 0.364. The van der Waals surface area contributed by atoms with Crippen LogP contribution in [0.4, 0.5) is 0 Å². The highest BCUT2D eigenvalue weighted by atomic mass is 79.9. The summed E-state index contributed by atoms with van der Waals surface area (Å²) in [6, 6.07) is 5.41. The van der Waals surface area contributed by atoms with Crippen LogP contribution in [0.3, 0.4) is 0 Å². The Balaban J connectivity index is 2.64. The number of halogens is 1. The summed E-state index contributed by atoms with van der Waals surface area (Å²) in [4.78, 5) is 11.8. The molecule has 0 radical (unpaired) electrons. The lowest BCUT2D eigenvalue weighted by Gasteiger charge is -2.08. The van der Waals surface area contributed by atoms with Crippen molar-refractivity contribution in [3.8, 4) is 0 Å². The normalized spacial score (nSPS) is 11.3. The van der Waals surface area contributed by atoms with E-state index in [1.165, 1.54) is 7.05 Å². The summed E-state index contributed by atoms with van der Waals surface area (Å²) in [6.07, 6.45) is 0. The van der Waals surface area contributed by atoms with Gasteiger partial charge in [-0.1, -0.05) is 11.6 Å². The minimum atomic E-state index is -3.29. The van der Waals surface area contributed by atoms with Crippen LogP contribution in [0.25, 0.3) is 0 Å². The van der Waals surface area contributed by atoms with Crippen LogP contribution < -0.4 is 10.0 Å². The SMILES string of the molecule is CNS(=O)(=O)CCNC(=O)c1cc(C)ccc1Br. The third-order valence-electron chi connectivity index (χ3n) is 2.33. The highest BCUT2D eigenvalue weighted by Crippen LogP contribution is 2.17. The van der Waals surface area contributed by atoms with E-state index in [1.54, 1.807) is 12.1 Å². The minimum Gasteiger partial charge on any atom is -0.351 e. The third kappa shape index (κ3) is 4.40. The van der Waals surface area contributed by atoms with Crippen molar-refractivity contribution in [2.45, 2.75) is 6.92 Å². The van der Waals surface area contributed by atoms with E-state index in [0.29, 0.717) is 10.0 Å². The van der Waals surface area contributed by atoms with Crippen molar-refractivity contribution < 1.29 is 13.2 Å². The van der Waals surface area contributed by atoms with Gasteiger partial charge in [-0.15, -0.1) is 0 Å². The Morgan fingerprint density at radius 1 is 1.39 bits per heavy atom. The molecule has 18 heavy (non-hydrogen) atoms. The van der Waals surface area contributed by atoms with Crippen LogP contribution in [0.5, 0.6) is 0 Å². The van der Waals surface area contributed by atoms with Crippen LogP contribution in [0.1, 0.15) is 15.9 Å². The maximum absolute atomic E-state index is 11.8. The summed E-state index contributed by atoms with van der Waals surface area (Å²) in [7, 11) is -1.95. The van der Waals surface area contributed by atoms with Crippen molar-refractivity contribution in [3.63, 3.8) is 0 Å². The molecule has 0 spiro atoms. The Bertz CT molecular complexity index is 543. The molecule has 2 N–H and O–H groups in total. The fourth-order valence-corrected chi connectivity index (χ4v) is 2.31. The molecule has 0 fully saturated rings. The van der Waals surface area contributed by atoms with Gasteiger partial charge >= 0.3 is 0 Å². The van der Waals surface area contributed by atoms with Crippen molar-refractivity contribution >= 4 is 31.9 Å². The first kappa shape index (κ1) is 15.1. The van der Waals surface area contributed by atoms with Crippen LogP contribution in [-0.4, -0.2) is 33.7 Å². The molecule has 1 rings (SSSR count).